The van der Waals surface area contributed by atoms with Crippen LogP contribution in [0.15, 0.2) is 24.3 Å². The molecule has 1 aromatic carbocycles. The molecule has 1 rings (SSSR count). The van der Waals surface area contributed by atoms with E-state index in [1.165, 1.54) is 11.3 Å². The van der Waals surface area contributed by atoms with E-state index in [9.17, 15) is 0 Å². The van der Waals surface area contributed by atoms with Crippen molar-refractivity contribution < 1.29 is 0 Å². The lowest BCUT2D eigenvalue weighted by atomic mass is 10.1. The van der Waals surface area contributed by atoms with Crippen LogP contribution in [0.25, 0.3) is 0 Å². The van der Waals surface area contributed by atoms with E-state index in [0.29, 0.717) is 6.04 Å². The third-order valence-electron chi connectivity index (χ3n) is 2.34. The maximum Gasteiger partial charge on any atom is 0.0361 e. The molecule has 0 spiro atoms. The molecule has 0 aliphatic carbocycles. The van der Waals surface area contributed by atoms with Gasteiger partial charge in [0.2, 0.25) is 0 Å². The highest BCUT2D eigenvalue weighted by Gasteiger charge is 1.98. The summed E-state index contributed by atoms with van der Waals surface area (Å²) in [5.41, 5.74) is 8.32. The highest BCUT2D eigenvalue weighted by molar-refractivity contribution is 5.45. The molecule has 78 valence electrons. The number of nitrogens with two attached hydrogens (primary N) is 1. The molecule has 0 bridgehead atoms. The molecule has 14 heavy (non-hydrogen) atoms. The Kier molecular flexibility index (Phi) is 3.96. The number of aryl methyl sites for hydroxylation is 1. The Morgan fingerprint density at radius 1 is 1.21 bits per heavy atom. The molecule has 0 saturated carbocycles. The quantitative estimate of drug-likeness (QED) is 0.791. The SMILES string of the molecule is C[C@@H](N)CCc1ccc(N(C)C)cc1. The van der Waals surface area contributed by atoms with Crippen molar-refractivity contribution in [1.82, 2.24) is 0 Å². The molecule has 0 unspecified atom stereocenters. The second-order valence-corrected chi connectivity index (χ2v) is 4.08. The van der Waals surface area contributed by atoms with Gasteiger partial charge in [-0.15, -0.1) is 0 Å². The second kappa shape index (κ2) is 5.01. The molecular weight excluding hydrogens is 172 g/mol. The Balaban J connectivity index is 2.55. The predicted molar refractivity (Wildman–Crippen MR) is 62.7 cm³/mol. The van der Waals surface area contributed by atoms with Crippen molar-refractivity contribution in [1.29, 1.82) is 0 Å². The van der Waals surface area contributed by atoms with Crippen molar-refractivity contribution in [2.45, 2.75) is 25.8 Å². The first-order valence-electron chi connectivity index (χ1n) is 5.11. The van der Waals surface area contributed by atoms with Gasteiger partial charge in [0.25, 0.3) is 0 Å². The highest BCUT2D eigenvalue weighted by Crippen LogP contribution is 2.13. The van der Waals surface area contributed by atoms with Gasteiger partial charge in [-0.1, -0.05) is 12.1 Å². The van der Waals surface area contributed by atoms with E-state index in [0.717, 1.165) is 12.8 Å². The van der Waals surface area contributed by atoms with Crippen LogP contribution in [-0.2, 0) is 6.42 Å². The molecule has 0 fully saturated rings. The van der Waals surface area contributed by atoms with Gasteiger partial charge in [0.1, 0.15) is 0 Å². The average molecular weight is 192 g/mol. The molecule has 2 heteroatoms. The zero-order valence-electron chi connectivity index (χ0n) is 9.33. The number of nitrogens with zero attached hydrogens (tertiary/aromatic N) is 1. The average Bonchev–Trinajstić information content (AvgIpc) is 2.15. The van der Waals surface area contributed by atoms with E-state index in [4.69, 9.17) is 5.73 Å². The van der Waals surface area contributed by atoms with Gasteiger partial charge in [0, 0.05) is 25.8 Å². The summed E-state index contributed by atoms with van der Waals surface area (Å²) in [4.78, 5) is 2.11. The van der Waals surface area contributed by atoms with Crippen molar-refractivity contribution in [3.05, 3.63) is 29.8 Å². The Morgan fingerprint density at radius 3 is 2.21 bits per heavy atom. The molecule has 0 saturated heterocycles. The fourth-order valence-electron chi connectivity index (χ4n) is 1.36. The Morgan fingerprint density at radius 2 is 1.79 bits per heavy atom. The smallest absolute Gasteiger partial charge is 0.0361 e. The van der Waals surface area contributed by atoms with Crippen LogP contribution in [0, 0.1) is 0 Å². The molecule has 0 aromatic heterocycles. The van der Waals surface area contributed by atoms with Crippen molar-refractivity contribution in [3.63, 3.8) is 0 Å². The first-order chi connectivity index (χ1) is 6.59. The largest absolute Gasteiger partial charge is 0.378 e. The maximum atomic E-state index is 5.71. The number of hydrogen-bond acceptors (Lipinski definition) is 2. The fourth-order valence-corrected chi connectivity index (χ4v) is 1.36. The third kappa shape index (κ3) is 3.38. The minimum Gasteiger partial charge on any atom is -0.378 e. The summed E-state index contributed by atoms with van der Waals surface area (Å²) in [6, 6.07) is 8.95. The van der Waals surface area contributed by atoms with E-state index < -0.39 is 0 Å². The van der Waals surface area contributed by atoms with Crippen LogP contribution in [0.3, 0.4) is 0 Å². The lowest BCUT2D eigenvalue weighted by molar-refractivity contribution is 0.666. The van der Waals surface area contributed by atoms with Crippen molar-refractivity contribution in [2.75, 3.05) is 19.0 Å². The first kappa shape index (κ1) is 11.1. The fraction of sp³-hybridized carbons (Fsp3) is 0.500. The minimum atomic E-state index is 0.295. The van der Waals surface area contributed by atoms with Gasteiger partial charge in [-0.3, -0.25) is 0 Å². The number of benzene rings is 1. The van der Waals surface area contributed by atoms with Gasteiger partial charge in [0.05, 0.1) is 0 Å². The predicted octanol–water partition coefficient (Wildman–Crippen LogP) is 2.03. The molecule has 2 nitrogen and oxygen atoms in total. The summed E-state index contributed by atoms with van der Waals surface area (Å²) >= 11 is 0. The van der Waals surface area contributed by atoms with Gasteiger partial charge in [-0.2, -0.15) is 0 Å². The van der Waals surface area contributed by atoms with Gasteiger partial charge < -0.3 is 10.6 Å². The van der Waals surface area contributed by atoms with Crippen molar-refractivity contribution >= 4 is 5.69 Å². The topological polar surface area (TPSA) is 29.3 Å². The summed E-state index contributed by atoms with van der Waals surface area (Å²) in [5.74, 6) is 0. The van der Waals surface area contributed by atoms with E-state index >= 15 is 0 Å². The molecule has 0 radical (unpaired) electrons. The van der Waals surface area contributed by atoms with Crippen LogP contribution in [0.1, 0.15) is 18.9 Å². The van der Waals surface area contributed by atoms with Crippen LogP contribution in [0.2, 0.25) is 0 Å². The van der Waals surface area contributed by atoms with E-state index in [2.05, 4.69) is 43.3 Å². The standard InChI is InChI=1S/C12H20N2/c1-10(13)4-5-11-6-8-12(9-7-11)14(2)3/h6-10H,4-5,13H2,1-3H3/t10-/m1/s1. The maximum absolute atomic E-state index is 5.71. The van der Waals surface area contributed by atoms with Crippen molar-refractivity contribution in [2.24, 2.45) is 5.73 Å². The lowest BCUT2D eigenvalue weighted by Gasteiger charge is -2.12. The third-order valence-corrected chi connectivity index (χ3v) is 2.34. The zero-order valence-corrected chi connectivity index (χ0v) is 9.33. The van der Waals surface area contributed by atoms with Gasteiger partial charge in [-0.25, -0.2) is 0 Å². The normalized spacial score (nSPS) is 12.6. The van der Waals surface area contributed by atoms with E-state index in [1.54, 1.807) is 0 Å². The van der Waals surface area contributed by atoms with Crippen LogP contribution in [0.4, 0.5) is 5.69 Å². The molecule has 0 amide bonds. The number of rotatable bonds is 4. The van der Waals surface area contributed by atoms with Crippen molar-refractivity contribution in [3.8, 4) is 0 Å². The van der Waals surface area contributed by atoms with Crippen LogP contribution >= 0.6 is 0 Å². The number of hydrogen-bond donors (Lipinski definition) is 1. The first-order valence-corrected chi connectivity index (χ1v) is 5.11. The molecule has 0 heterocycles. The molecule has 1 aromatic rings. The summed E-state index contributed by atoms with van der Waals surface area (Å²) in [7, 11) is 4.11. The number of anilines is 1. The monoisotopic (exact) mass is 192 g/mol. The Bertz CT molecular complexity index is 262. The van der Waals surface area contributed by atoms with Crippen LogP contribution in [0.5, 0.6) is 0 Å². The van der Waals surface area contributed by atoms with Gasteiger partial charge in [-0.05, 0) is 37.5 Å². The van der Waals surface area contributed by atoms with Crippen LogP contribution < -0.4 is 10.6 Å². The zero-order chi connectivity index (χ0) is 10.6. The summed E-state index contributed by atoms with van der Waals surface area (Å²) in [5, 5.41) is 0. The Hall–Kier alpha value is -1.02. The molecule has 0 aliphatic rings. The molecule has 0 aliphatic heterocycles. The van der Waals surface area contributed by atoms with E-state index in [1.807, 2.05) is 6.92 Å². The summed E-state index contributed by atoms with van der Waals surface area (Å²) in [6.07, 6.45) is 2.13. The molecular formula is C12H20N2. The molecule has 1 atom stereocenters. The van der Waals surface area contributed by atoms with Gasteiger partial charge in [0.15, 0.2) is 0 Å². The lowest BCUT2D eigenvalue weighted by Crippen LogP contribution is -2.15. The highest BCUT2D eigenvalue weighted by atomic mass is 15.1. The summed E-state index contributed by atoms with van der Waals surface area (Å²) in [6.45, 7) is 2.05. The van der Waals surface area contributed by atoms with Crippen LogP contribution in [-0.4, -0.2) is 20.1 Å². The minimum absolute atomic E-state index is 0.295. The van der Waals surface area contributed by atoms with E-state index in [-0.39, 0.29) is 0 Å². The molecule has 2 N–H and O–H groups in total. The van der Waals surface area contributed by atoms with Gasteiger partial charge >= 0.3 is 0 Å². The second-order valence-electron chi connectivity index (χ2n) is 4.08. The summed E-state index contributed by atoms with van der Waals surface area (Å²) < 4.78 is 0. The Labute approximate surface area is 86.7 Å².